The Kier molecular flexibility index (Phi) is 3.11. The van der Waals surface area contributed by atoms with Gasteiger partial charge in [-0.05, 0) is 29.7 Å². The summed E-state index contributed by atoms with van der Waals surface area (Å²) in [6, 6.07) is 4.66. The van der Waals surface area contributed by atoms with E-state index in [0.29, 0.717) is 16.7 Å². The van der Waals surface area contributed by atoms with Crippen molar-refractivity contribution < 1.29 is 13.6 Å². The SMILES string of the molecule is O=C(Nc1ccc2nc(C(F)F)[nH]c2c1)c1csnn1. The zero-order chi connectivity index (χ0) is 14.1. The molecule has 0 aliphatic heterocycles. The van der Waals surface area contributed by atoms with E-state index in [0.717, 1.165) is 11.5 Å². The summed E-state index contributed by atoms with van der Waals surface area (Å²) in [6.45, 7) is 0. The molecule has 0 unspecified atom stereocenters. The second-order valence-corrected chi connectivity index (χ2v) is 4.51. The Morgan fingerprint density at radius 1 is 1.40 bits per heavy atom. The van der Waals surface area contributed by atoms with Gasteiger partial charge in [0.05, 0.1) is 11.0 Å². The number of halogens is 2. The van der Waals surface area contributed by atoms with E-state index < -0.39 is 18.2 Å². The number of H-pyrrole nitrogens is 1. The summed E-state index contributed by atoms with van der Waals surface area (Å²) in [4.78, 5) is 18.0. The van der Waals surface area contributed by atoms with Crippen molar-refractivity contribution >= 4 is 34.2 Å². The molecule has 102 valence electrons. The van der Waals surface area contributed by atoms with E-state index in [2.05, 4.69) is 24.9 Å². The van der Waals surface area contributed by atoms with E-state index in [1.807, 2.05) is 0 Å². The number of hydrogen-bond acceptors (Lipinski definition) is 5. The molecule has 1 amide bonds. The predicted molar refractivity (Wildman–Crippen MR) is 68.9 cm³/mol. The van der Waals surface area contributed by atoms with Gasteiger partial charge in [-0.1, -0.05) is 4.49 Å². The third-order valence-electron chi connectivity index (χ3n) is 2.56. The number of aromatic amines is 1. The normalized spacial score (nSPS) is 11.2. The molecule has 6 nitrogen and oxygen atoms in total. The molecule has 2 aromatic heterocycles. The third kappa shape index (κ3) is 2.35. The van der Waals surface area contributed by atoms with Gasteiger partial charge in [0.15, 0.2) is 11.5 Å². The van der Waals surface area contributed by atoms with Gasteiger partial charge in [-0.3, -0.25) is 4.79 Å². The summed E-state index contributed by atoms with van der Waals surface area (Å²) in [6.07, 6.45) is -2.67. The third-order valence-corrected chi connectivity index (χ3v) is 3.06. The molecular weight excluding hydrogens is 288 g/mol. The number of imidazole rings is 1. The van der Waals surface area contributed by atoms with E-state index in [-0.39, 0.29) is 5.69 Å². The van der Waals surface area contributed by atoms with E-state index >= 15 is 0 Å². The van der Waals surface area contributed by atoms with Crippen LogP contribution in [0.25, 0.3) is 11.0 Å². The Labute approximate surface area is 115 Å². The maximum atomic E-state index is 12.5. The largest absolute Gasteiger partial charge is 0.337 e. The van der Waals surface area contributed by atoms with Crippen LogP contribution in [0, 0.1) is 0 Å². The highest BCUT2D eigenvalue weighted by molar-refractivity contribution is 7.03. The van der Waals surface area contributed by atoms with Crippen LogP contribution in [0.2, 0.25) is 0 Å². The van der Waals surface area contributed by atoms with Crippen LogP contribution in [-0.4, -0.2) is 25.5 Å². The smallest absolute Gasteiger partial charge is 0.295 e. The lowest BCUT2D eigenvalue weighted by molar-refractivity contribution is 0.102. The lowest BCUT2D eigenvalue weighted by atomic mass is 10.2. The fourth-order valence-corrected chi connectivity index (χ4v) is 2.11. The average molecular weight is 295 g/mol. The van der Waals surface area contributed by atoms with Crippen LogP contribution in [0.4, 0.5) is 14.5 Å². The number of aromatic nitrogens is 4. The summed E-state index contributed by atoms with van der Waals surface area (Å²) in [5.74, 6) is -0.807. The molecule has 3 rings (SSSR count). The van der Waals surface area contributed by atoms with Crippen molar-refractivity contribution in [1.29, 1.82) is 0 Å². The standard InChI is InChI=1S/C11H7F2N5OS/c12-9(13)10-15-6-2-1-5(3-7(6)16-10)14-11(19)8-4-20-18-17-8/h1-4,9H,(H,14,19)(H,15,16). The Balaban J connectivity index is 1.87. The van der Waals surface area contributed by atoms with Crippen molar-refractivity contribution in [2.45, 2.75) is 6.43 Å². The molecule has 0 aliphatic carbocycles. The van der Waals surface area contributed by atoms with Crippen LogP contribution in [0.5, 0.6) is 0 Å². The van der Waals surface area contributed by atoms with Gasteiger partial charge in [0.25, 0.3) is 12.3 Å². The van der Waals surface area contributed by atoms with Crippen molar-refractivity contribution in [1.82, 2.24) is 19.6 Å². The molecule has 3 aromatic rings. The van der Waals surface area contributed by atoms with Crippen molar-refractivity contribution in [3.05, 3.63) is 35.1 Å². The van der Waals surface area contributed by atoms with Gasteiger partial charge in [-0.25, -0.2) is 13.8 Å². The van der Waals surface area contributed by atoms with Gasteiger partial charge in [-0.2, -0.15) is 0 Å². The van der Waals surface area contributed by atoms with Gasteiger partial charge in [0.1, 0.15) is 0 Å². The lowest BCUT2D eigenvalue weighted by Gasteiger charge is -2.02. The highest BCUT2D eigenvalue weighted by Crippen LogP contribution is 2.22. The lowest BCUT2D eigenvalue weighted by Crippen LogP contribution is -2.12. The van der Waals surface area contributed by atoms with E-state index in [1.54, 1.807) is 12.1 Å². The number of amides is 1. The fourth-order valence-electron chi connectivity index (χ4n) is 1.67. The molecule has 0 spiro atoms. The highest BCUT2D eigenvalue weighted by Gasteiger charge is 2.14. The number of hydrogen-bond donors (Lipinski definition) is 2. The minimum Gasteiger partial charge on any atom is -0.337 e. The number of anilines is 1. The number of alkyl halides is 2. The molecule has 0 bridgehead atoms. The van der Waals surface area contributed by atoms with Crippen LogP contribution >= 0.6 is 11.5 Å². The number of fused-ring (bicyclic) bond motifs is 1. The summed E-state index contributed by atoms with van der Waals surface area (Å²) >= 11 is 1.07. The maximum Gasteiger partial charge on any atom is 0.295 e. The topological polar surface area (TPSA) is 83.6 Å². The van der Waals surface area contributed by atoms with Gasteiger partial charge < -0.3 is 10.3 Å². The summed E-state index contributed by atoms with van der Waals surface area (Å²) in [7, 11) is 0. The molecule has 2 heterocycles. The molecule has 1 aromatic carbocycles. The number of benzene rings is 1. The van der Waals surface area contributed by atoms with Gasteiger partial charge >= 0.3 is 0 Å². The second-order valence-electron chi connectivity index (χ2n) is 3.90. The van der Waals surface area contributed by atoms with Gasteiger partial charge in [0, 0.05) is 11.1 Å². The predicted octanol–water partition coefficient (Wildman–Crippen LogP) is 2.60. The number of rotatable bonds is 3. The second kappa shape index (κ2) is 4.93. The van der Waals surface area contributed by atoms with Crippen molar-refractivity contribution in [2.24, 2.45) is 0 Å². The minimum atomic E-state index is -2.67. The number of carbonyl (C=O) groups excluding carboxylic acids is 1. The number of nitrogens with one attached hydrogen (secondary N) is 2. The minimum absolute atomic E-state index is 0.202. The Morgan fingerprint density at radius 3 is 2.95 bits per heavy atom. The zero-order valence-corrected chi connectivity index (χ0v) is 10.6. The fraction of sp³-hybridized carbons (Fsp3) is 0.0909. The van der Waals surface area contributed by atoms with Crippen LogP contribution in [-0.2, 0) is 0 Å². The molecule has 0 saturated heterocycles. The molecule has 0 saturated carbocycles. The molecule has 20 heavy (non-hydrogen) atoms. The van der Waals surface area contributed by atoms with Crippen LogP contribution in [0.15, 0.2) is 23.6 Å². The Hall–Kier alpha value is -2.42. The van der Waals surface area contributed by atoms with Crippen LogP contribution in [0.1, 0.15) is 22.7 Å². The number of carbonyl (C=O) groups is 1. The van der Waals surface area contributed by atoms with Crippen molar-refractivity contribution in [3.63, 3.8) is 0 Å². The molecule has 0 fully saturated rings. The molecule has 0 atom stereocenters. The summed E-state index contributed by atoms with van der Waals surface area (Å²) in [5, 5.41) is 7.76. The average Bonchev–Trinajstić information content (AvgIpc) is 3.07. The van der Waals surface area contributed by atoms with Crippen molar-refractivity contribution in [2.75, 3.05) is 5.32 Å². The summed E-state index contributed by atoms with van der Waals surface area (Å²) in [5.41, 5.74) is 1.50. The van der Waals surface area contributed by atoms with Gasteiger partial charge in [-0.15, -0.1) is 5.10 Å². The first-order chi connectivity index (χ1) is 9.63. The van der Waals surface area contributed by atoms with E-state index in [4.69, 9.17) is 0 Å². The summed E-state index contributed by atoms with van der Waals surface area (Å²) < 4.78 is 28.6. The quantitative estimate of drug-likeness (QED) is 0.778. The van der Waals surface area contributed by atoms with Crippen molar-refractivity contribution in [3.8, 4) is 0 Å². The maximum absolute atomic E-state index is 12.5. The highest BCUT2D eigenvalue weighted by atomic mass is 32.1. The first-order valence-electron chi connectivity index (χ1n) is 5.50. The molecule has 2 N–H and O–H groups in total. The first kappa shape index (κ1) is 12.6. The Morgan fingerprint density at radius 2 is 2.25 bits per heavy atom. The first-order valence-corrected chi connectivity index (χ1v) is 6.33. The van der Waals surface area contributed by atoms with Crippen LogP contribution in [0.3, 0.4) is 0 Å². The van der Waals surface area contributed by atoms with Gasteiger partial charge in [0.2, 0.25) is 0 Å². The van der Waals surface area contributed by atoms with E-state index in [9.17, 15) is 13.6 Å². The van der Waals surface area contributed by atoms with Crippen LogP contribution < -0.4 is 5.32 Å². The molecule has 0 radical (unpaired) electrons. The zero-order valence-electron chi connectivity index (χ0n) is 9.80. The molecular formula is C11H7F2N5OS. The van der Waals surface area contributed by atoms with E-state index in [1.165, 1.54) is 11.4 Å². The molecule has 9 heteroatoms. The monoisotopic (exact) mass is 295 g/mol. The molecule has 0 aliphatic rings. The Bertz CT molecular complexity index is 755. The number of nitrogens with zero attached hydrogens (tertiary/aromatic N) is 3.